The van der Waals surface area contributed by atoms with Crippen LogP contribution in [-0.4, -0.2) is 25.1 Å². The fraction of sp³-hybridized carbons (Fsp3) is 0.348. The third-order valence-electron chi connectivity index (χ3n) is 5.23. The van der Waals surface area contributed by atoms with Gasteiger partial charge in [-0.05, 0) is 68.7 Å². The van der Waals surface area contributed by atoms with E-state index in [1.54, 1.807) is 14.2 Å². The Kier molecular flexibility index (Phi) is 5.63. The van der Waals surface area contributed by atoms with Crippen molar-refractivity contribution >= 4 is 16.8 Å². The van der Waals surface area contributed by atoms with Crippen LogP contribution < -0.4 is 14.8 Å². The number of H-pyrrole nitrogens is 1. The smallest absolute Gasteiger partial charge is 0.224 e. The van der Waals surface area contributed by atoms with Crippen LogP contribution in [0.3, 0.4) is 0 Å². The number of fused-ring (bicyclic) bond motifs is 1. The van der Waals surface area contributed by atoms with Crippen molar-refractivity contribution in [2.75, 3.05) is 14.2 Å². The second kappa shape index (κ2) is 7.97. The molecular weight excluding hydrogens is 352 g/mol. The zero-order valence-electron chi connectivity index (χ0n) is 17.4. The highest BCUT2D eigenvalue weighted by Gasteiger charge is 2.18. The Balaban J connectivity index is 1.80. The lowest BCUT2D eigenvalue weighted by atomic mass is 10.0. The summed E-state index contributed by atoms with van der Waals surface area (Å²) < 4.78 is 10.8. The first-order valence-electron chi connectivity index (χ1n) is 9.43. The van der Waals surface area contributed by atoms with Crippen LogP contribution >= 0.6 is 0 Å². The maximum absolute atomic E-state index is 12.8. The molecule has 0 radical (unpaired) electrons. The quantitative estimate of drug-likeness (QED) is 0.660. The van der Waals surface area contributed by atoms with Crippen LogP contribution in [0.1, 0.15) is 40.9 Å². The molecule has 0 aliphatic carbocycles. The van der Waals surface area contributed by atoms with E-state index in [-0.39, 0.29) is 11.9 Å². The Bertz CT molecular complexity index is 1020. The van der Waals surface area contributed by atoms with E-state index >= 15 is 0 Å². The van der Waals surface area contributed by atoms with E-state index < -0.39 is 0 Å². The van der Waals surface area contributed by atoms with Gasteiger partial charge in [0, 0.05) is 16.6 Å². The molecule has 1 heterocycles. The molecule has 5 nitrogen and oxygen atoms in total. The largest absolute Gasteiger partial charge is 0.493 e. The summed E-state index contributed by atoms with van der Waals surface area (Å²) in [6.07, 6.45) is 0.339. The van der Waals surface area contributed by atoms with Crippen LogP contribution in [-0.2, 0) is 11.2 Å². The molecule has 0 saturated carbocycles. The number of amides is 1. The van der Waals surface area contributed by atoms with Crippen molar-refractivity contribution in [1.29, 1.82) is 0 Å². The molecule has 0 saturated heterocycles. The SMILES string of the molecule is COc1cc(C)c(C(C)NC(=O)Cc2c(C)[nH]c3ccc(C)cc23)cc1OC. The Morgan fingerprint density at radius 3 is 2.43 bits per heavy atom. The van der Waals surface area contributed by atoms with E-state index in [1.165, 1.54) is 5.56 Å². The van der Waals surface area contributed by atoms with Crippen LogP contribution in [0.2, 0.25) is 0 Å². The average molecular weight is 380 g/mol. The first-order chi connectivity index (χ1) is 13.3. The van der Waals surface area contributed by atoms with Crippen molar-refractivity contribution in [2.45, 2.75) is 40.2 Å². The number of methoxy groups -OCH3 is 2. The number of ether oxygens (including phenoxy) is 2. The number of hydrogen-bond acceptors (Lipinski definition) is 3. The minimum absolute atomic E-state index is 0.00723. The van der Waals surface area contributed by atoms with E-state index in [4.69, 9.17) is 9.47 Å². The summed E-state index contributed by atoms with van der Waals surface area (Å²) in [4.78, 5) is 16.2. The highest BCUT2D eigenvalue weighted by molar-refractivity contribution is 5.90. The van der Waals surface area contributed by atoms with Gasteiger partial charge in [0.2, 0.25) is 5.91 Å². The Morgan fingerprint density at radius 2 is 1.75 bits per heavy atom. The predicted octanol–water partition coefficient (Wildman–Crippen LogP) is 4.53. The molecule has 1 amide bonds. The predicted molar refractivity (Wildman–Crippen MR) is 112 cm³/mol. The van der Waals surface area contributed by atoms with Gasteiger partial charge in [-0.25, -0.2) is 0 Å². The van der Waals surface area contributed by atoms with Gasteiger partial charge in [-0.2, -0.15) is 0 Å². The topological polar surface area (TPSA) is 63.3 Å². The van der Waals surface area contributed by atoms with Crippen molar-refractivity contribution in [3.63, 3.8) is 0 Å². The van der Waals surface area contributed by atoms with Crippen LogP contribution in [0.4, 0.5) is 0 Å². The van der Waals surface area contributed by atoms with Gasteiger partial charge < -0.3 is 19.8 Å². The first-order valence-corrected chi connectivity index (χ1v) is 9.43. The minimum Gasteiger partial charge on any atom is -0.493 e. The lowest BCUT2D eigenvalue weighted by molar-refractivity contribution is -0.121. The van der Waals surface area contributed by atoms with Gasteiger partial charge in [0.15, 0.2) is 11.5 Å². The molecule has 1 atom stereocenters. The lowest BCUT2D eigenvalue weighted by Crippen LogP contribution is -2.28. The fourth-order valence-electron chi connectivity index (χ4n) is 3.72. The van der Waals surface area contributed by atoms with Crippen molar-refractivity contribution in [3.05, 3.63) is 58.3 Å². The summed E-state index contributed by atoms with van der Waals surface area (Å²) >= 11 is 0. The number of rotatable bonds is 6. The van der Waals surface area contributed by atoms with Gasteiger partial charge >= 0.3 is 0 Å². The van der Waals surface area contributed by atoms with Crippen LogP contribution in [0.5, 0.6) is 11.5 Å². The van der Waals surface area contributed by atoms with Gasteiger partial charge in [-0.15, -0.1) is 0 Å². The van der Waals surface area contributed by atoms with E-state index in [0.717, 1.165) is 33.3 Å². The molecular formula is C23H28N2O3. The number of nitrogens with one attached hydrogen (secondary N) is 2. The third-order valence-corrected chi connectivity index (χ3v) is 5.23. The van der Waals surface area contributed by atoms with E-state index in [9.17, 15) is 4.79 Å². The maximum Gasteiger partial charge on any atom is 0.224 e. The van der Waals surface area contributed by atoms with Gasteiger partial charge in [-0.3, -0.25) is 4.79 Å². The highest BCUT2D eigenvalue weighted by atomic mass is 16.5. The van der Waals surface area contributed by atoms with Crippen LogP contribution in [0.25, 0.3) is 10.9 Å². The number of aryl methyl sites for hydroxylation is 3. The fourth-order valence-corrected chi connectivity index (χ4v) is 3.72. The molecule has 5 heteroatoms. The monoisotopic (exact) mass is 380 g/mol. The Labute approximate surface area is 166 Å². The summed E-state index contributed by atoms with van der Waals surface area (Å²) in [5, 5.41) is 4.23. The van der Waals surface area contributed by atoms with Gasteiger partial charge in [0.25, 0.3) is 0 Å². The molecule has 0 aliphatic heterocycles. The molecule has 2 aromatic carbocycles. The summed E-state index contributed by atoms with van der Waals surface area (Å²) in [5.74, 6) is 1.34. The van der Waals surface area contributed by atoms with Crippen LogP contribution in [0, 0.1) is 20.8 Å². The summed E-state index contributed by atoms with van der Waals surface area (Å²) in [7, 11) is 3.23. The molecule has 1 unspecified atom stereocenters. The van der Waals surface area contributed by atoms with Gasteiger partial charge in [0.05, 0.1) is 26.7 Å². The summed E-state index contributed by atoms with van der Waals surface area (Å²) in [6.45, 7) is 8.07. The van der Waals surface area contributed by atoms with Gasteiger partial charge in [-0.1, -0.05) is 11.6 Å². The molecule has 3 rings (SSSR count). The number of aromatic amines is 1. The number of aromatic nitrogens is 1. The Morgan fingerprint density at radius 1 is 1.07 bits per heavy atom. The Hall–Kier alpha value is -2.95. The van der Waals surface area contributed by atoms with E-state index in [0.29, 0.717) is 17.9 Å². The molecule has 0 bridgehead atoms. The van der Waals surface area contributed by atoms with Crippen molar-refractivity contribution < 1.29 is 14.3 Å². The average Bonchev–Trinajstić information content (AvgIpc) is 2.96. The second-order valence-corrected chi connectivity index (χ2v) is 7.31. The zero-order valence-corrected chi connectivity index (χ0v) is 17.4. The molecule has 0 fully saturated rings. The van der Waals surface area contributed by atoms with Gasteiger partial charge in [0.1, 0.15) is 0 Å². The molecule has 28 heavy (non-hydrogen) atoms. The van der Waals surface area contributed by atoms with Crippen molar-refractivity contribution in [3.8, 4) is 11.5 Å². The number of benzene rings is 2. The molecule has 148 valence electrons. The maximum atomic E-state index is 12.8. The molecule has 0 aliphatic rings. The first kappa shape index (κ1) is 19.8. The second-order valence-electron chi connectivity index (χ2n) is 7.31. The molecule has 1 aromatic heterocycles. The van der Waals surface area contributed by atoms with E-state index in [2.05, 4.69) is 35.4 Å². The summed E-state index contributed by atoms with van der Waals surface area (Å²) in [5.41, 5.74) is 6.39. The van der Waals surface area contributed by atoms with Crippen molar-refractivity contribution in [1.82, 2.24) is 10.3 Å². The normalized spacial score (nSPS) is 12.1. The minimum atomic E-state index is -0.139. The molecule has 2 N–H and O–H groups in total. The third kappa shape index (κ3) is 3.84. The van der Waals surface area contributed by atoms with Crippen LogP contribution in [0.15, 0.2) is 30.3 Å². The zero-order chi connectivity index (χ0) is 20.4. The number of carbonyl (C=O) groups is 1. The summed E-state index contributed by atoms with van der Waals surface area (Å²) in [6, 6.07) is 9.99. The molecule has 3 aromatic rings. The lowest BCUT2D eigenvalue weighted by Gasteiger charge is -2.19. The number of carbonyl (C=O) groups excluding carboxylic acids is 1. The molecule has 0 spiro atoms. The van der Waals surface area contributed by atoms with E-state index in [1.807, 2.05) is 32.9 Å². The standard InChI is InChI=1S/C23H28N2O3/c1-13-7-8-20-19(9-13)18(16(4)24-20)12-23(26)25-15(3)17-11-22(28-6)21(27-5)10-14(17)2/h7-11,15,24H,12H2,1-6H3,(H,25,26). The highest BCUT2D eigenvalue weighted by Crippen LogP contribution is 2.33. The number of hydrogen-bond donors (Lipinski definition) is 2. The van der Waals surface area contributed by atoms with Crippen molar-refractivity contribution in [2.24, 2.45) is 0 Å².